The van der Waals surface area contributed by atoms with E-state index in [1.165, 1.54) is 4.90 Å². The molecule has 2 bridgehead atoms. The Balaban J connectivity index is 1.86. The SMILES string of the molecule is C=CCN(C)C(=O)[C@@H]1[C@H]2C(=O)N([C@@H](CC)CO)C(C(=O)N(CC=C)c3ccc(OC)cc3)C23CC(C)[C@@]1(C)O3. The van der Waals surface area contributed by atoms with Gasteiger partial charge in [-0.2, -0.15) is 0 Å². The van der Waals surface area contributed by atoms with Crippen molar-refractivity contribution >= 4 is 23.4 Å². The Labute approximate surface area is 231 Å². The topological polar surface area (TPSA) is 99.6 Å². The van der Waals surface area contributed by atoms with E-state index >= 15 is 0 Å². The standard InChI is InChI=1S/C30H41N3O6/c1-8-15-31(6)26(35)23-24-27(36)33(20(10-3)18-34)25(30(24)17-19(4)29(23,5)39-30)28(37)32(16-9-2)21-11-13-22(38-7)14-12-21/h8-9,11-14,19-20,23-25,34H,1-2,10,15-18H2,3-7H3/t19?,20-,23-,24-,25?,29+,30?/m0/s1. The second kappa shape index (κ2) is 10.8. The molecule has 3 amide bonds. The summed E-state index contributed by atoms with van der Waals surface area (Å²) in [4.78, 5) is 47.4. The molecule has 9 heteroatoms. The minimum absolute atomic E-state index is 0.0778. The molecule has 3 fully saturated rings. The number of carbonyl (C=O) groups is 3. The smallest absolute Gasteiger partial charge is 0.253 e. The summed E-state index contributed by atoms with van der Waals surface area (Å²) in [6, 6.07) is 5.50. The number of fused-ring (bicyclic) bond motifs is 1. The minimum Gasteiger partial charge on any atom is -0.497 e. The Morgan fingerprint density at radius 2 is 1.87 bits per heavy atom. The van der Waals surface area contributed by atoms with Crippen molar-refractivity contribution < 1.29 is 29.0 Å². The second-order valence-corrected chi connectivity index (χ2v) is 11.1. The van der Waals surface area contributed by atoms with Crippen LogP contribution < -0.4 is 9.64 Å². The number of aliphatic hydroxyl groups is 1. The van der Waals surface area contributed by atoms with E-state index in [0.717, 1.165) is 0 Å². The molecule has 1 aromatic rings. The molecule has 3 heterocycles. The molecule has 4 rings (SSSR count). The molecular weight excluding hydrogens is 498 g/mol. The van der Waals surface area contributed by atoms with Crippen molar-refractivity contribution in [3.05, 3.63) is 49.6 Å². The predicted octanol–water partition coefficient (Wildman–Crippen LogP) is 2.64. The van der Waals surface area contributed by atoms with Crippen LogP contribution in [0.2, 0.25) is 0 Å². The number of likely N-dealkylation sites (N-methyl/N-ethyl adjacent to an activating group) is 1. The fourth-order valence-electron chi connectivity index (χ4n) is 7.02. The maximum Gasteiger partial charge on any atom is 0.253 e. The van der Waals surface area contributed by atoms with Crippen LogP contribution in [0.3, 0.4) is 0 Å². The van der Waals surface area contributed by atoms with Crippen molar-refractivity contribution in [2.45, 2.75) is 56.9 Å². The van der Waals surface area contributed by atoms with Crippen LogP contribution >= 0.6 is 0 Å². The molecule has 3 aliphatic rings. The number of hydrogen-bond acceptors (Lipinski definition) is 6. The van der Waals surface area contributed by atoms with Crippen molar-refractivity contribution in [3.8, 4) is 5.75 Å². The number of nitrogens with zero attached hydrogens (tertiary/aromatic N) is 3. The molecule has 1 N–H and O–H groups in total. The van der Waals surface area contributed by atoms with E-state index in [0.29, 0.717) is 30.8 Å². The number of likely N-dealkylation sites (tertiary alicyclic amines) is 1. The first-order valence-corrected chi connectivity index (χ1v) is 13.6. The molecule has 3 unspecified atom stereocenters. The highest BCUT2D eigenvalue weighted by Gasteiger charge is 2.80. The van der Waals surface area contributed by atoms with E-state index in [-0.39, 0.29) is 36.8 Å². The minimum atomic E-state index is -1.20. The molecule has 0 radical (unpaired) electrons. The van der Waals surface area contributed by atoms with Crippen LogP contribution in [0.4, 0.5) is 5.69 Å². The lowest BCUT2D eigenvalue weighted by atomic mass is 9.62. The van der Waals surface area contributed by atoms with Crippen molar-refractivity contribution in [2.75, 3.05) is 38.8 Å². The van der Waals surface area contributed by atoms with Crippen LogP contribution in [0.1, 0.15) is 33.6 Å². The summed E-state index contributed by atoms with van der Waals surface area (Å²) in [5, 5.41) is 10.3. The van der Waals surface area contributed by atoms with E-state index in [1.54, 1.807) is 60.4 Å². The van der Waals surface area contributed by atoms with Crippen molar-refractivity contribution in [3.63, 3.8) is 0 Å². The third-order valence-electron chi connectivity index (χ3n) is 9.07. The zero-order valence-electron chi connectivity index (χ0n) is 23.6. The highest BCUT2D eigenvalue weighted by Crippen LogP contribution is 2.65. The molecule has 212 valence electrons. The van der Waals surface area contributed by atoms with Crippen molar-refractivity contribution in [2.24, 2.45) is 17.8 Å². The molecule has 7 atom stereocenters. The van der Waals surface area contributed by atoms with E-state index in [4.69, 9.17) is 9.47 Å². The van der Waals surface area contributed by atoms with E-state index in [2.05, 4.69) is 13.2 Å². The maximum atomic E-state index is 14.6. The van der Waals surface area contributed by atoms with Gasteiger partial charge in [-0.3, -0.25) is 14.4 Å². The van der Waals surface area contributed by atoms with Gasteiger partial charge in [0.2, 0.25) is 11.8 Å². The largest absolute Gasteiger partial charge is 0.497 e. The third kappa shape index (κ3) is 4.26. The van der Waals surface area contributed by atoms with Gasteiger partial charge >= 0.3 is 0 Å². The highest BCUT2D eigenvalue weighted by atomic mass is 16.5. The lowest BCUT2D eigenvalue weighted by Gasteiger charge is -2.39. The molecule has 0 aliphatic carbocycles. The lowest BCUT2D eigenvalue weighted by Crippen LogP contribution is -2.59. The summed E-state index contributed by atoms with van der Waals surface area (Å²) >= 11 is 0. The van der Waals surface area contributed by atoms with Gasteiger partial charge in [-0.15, -0.1) is 13.2 Å². The Morgan fingerprint density at radius 3 is 2.41 bits per heavy atom. The van der Waals surface area contributed by atoms with Crippen LogP contribution in [0.15, 0.2) is 49.6 Å². The highest BCUT2D eigenvalue weighted by molar-refractivity contribution is 6.05. The molecule has 3 aliphatic heterocycles. The van der Waals surface area contributed by atoms with E-state index in [9.17, 15) is 19.5 Å². The molecule has 0 aromatic heterocycles. The normalized spacial score (nSPS) is 31.5. The predicted molar refractivity (Wildman–Crippen MR) is 148 cm³/mol. The lowest BCUT2D eigenvalue weighted by molar-refractivity contribution is -0.153. The van der Waals surface area contributed by atoms with Gasteiger partial charge in [0.15, 0.2) is 0 Å². The average molecular weight is 540 g/mol. The van der Waals surface area contributed by atoms with Gasteiger partial charge in [-0.1, -0.05) is 26.0 Å². The fraction of sp³-hybridized carbons (Fsp3) is 0.567. The van der Waals surface area contributed by atoms with Gasteiger partial charge in [-0.25, -0.2) is 0 Å². The number of benzene rings is 1. The molecular formula is C30H41N3O6. The van der Waals surface area contributed by atoms with E-state index < -0.39 is 35.1 Å². The average Bonchev–Trinajstić information content (AvgIpc) is 3.44. The summed E-state index contributed by atoms with van der Waals surface area (Å²) < 4.78 is 12.1. The molecule has 3 saturated heterocycles. The fourth-order valence-corrected chi connectivity index (χ4v) is 7.02. The van der Waals surface area contributed by atoms with Gasteiger partial charge in [0.25, 0.3) is 5.91 Å². The van der Waals surface area contributed by atoms with Gasteiger partial charge in [0.1, 0.15) is 17.4 Å². The summed E-state index contributed by atoms with van der Waals surface area (Å²) in [5.74, 6) is -1.87. The number of carbonyl (C=O) groups excluding carboxylic acids is 3. The number of hydrogen-bond donors (Lipinski definition) is 1. The number of amides is 3. The molecule has 9 nitrogen and oxygen atoms in total. The first kappa shape index (κ1) is 28.8. The first-order chi connectivity index (χ1) is 18.6. The van der Waals surface area contributed by atoms with Crippen molar-refractivity contribution in [1.29, 1.82) is 0 Å². The number of rotatable bonds is 11. The number of methoxy groups -OCH3 is 1. The van der Waals surface area contributed by atoms with Crippen LogP contribution in [-0.2, 0) is 19.1 Å². The Kier molecular flexibility index (Phi) is 7.96. The zero-order valence-corrected chi connectivity index (χ0v) is 23.6. The van der Waals surface area contributed by atoms with Crippen LogP contribution in [0, 0.1) is 17.8 Å². The quantitative estimate of drug-likeness (QED) is 0.434. The van der Waals surface area contributed by atoms with Crippen LogP contribution in [-0.4, -0.2) is 89.8 Å². The van der Waals surface area contributed by atoms with Gasteiger partial charge in [-0.05, 0) is 49.9 Å². The monoisotopic (exact) mass is 539 g/mol. The van der Waals surface area contributed by atoms with Gasteiger partial charge in [0.05, 0.1) is 37.2 Å². The summed E-state index contributed by atoms with van der Waals surface area (Å²) in [5.41, 5.74) is -1.50. The molecule has 1 spiro atoms. The molecule has 0 saturated carbocycles. The Hall–Kier alpha value is -3.17. The number of ether oxygens (including phenoxy) is 2. The van der Waals surface area contributed by atoms with Gasteiger partial charge < -0.3 is 29.3 Å². The summed E-state index contributed by atoms with van der Waals surface area (Å²) in [6.07, 6.45) is 4.17. The number of aliphatic hydroxyl groups excluding tert-OH is 1. The Bertz CT molecular complexity index is 1130. The first-order valence-electron chi connectivity index (χ1n) is 13.6. The van der Waals surface area contributed by atoms with Crippen LogP contribution in [0.25, 0.3) is 0 Å². The van der Waals surface area contributed by atoms with Gasteiger partial charge in [0, 0.05) is 25.8 Å². The zero-order chi connectivity index (χ0) is 28.7. The third-order valence-corrected chi connectivity index (χ3v) is 9.07. The molecule has 1 aromatic carbocycles. The van der Waals surface area contributed by atoms with Crippen LogP contribution in [0.5, 0.6) is 5.75 Å². The summed E-state index contributed by atoms with van der Waals surface area (Å²) in [6.45, 7) is 13.6. The summed E-state index contributed by atoms with van der Waals surface area (Å²) in [7, 11) is 3.26. The van der Waals surface area contributed by atoms with E-state index in [1.807, 2.05) is 20.8 Å². The number of anilines is 1. The second-order valence-electron chi connectivity index (χ2n) is 11.1. The maximum absolute atomic E-state index is 14.6. The molecule has 39 heavy (non-hydrogen) atoms. The van der Waals surface area contributed by atoms with Crippen molar-refractivity contribution in [1.82, 2.24) is 9.80 Å². The Morgan fingerprint density at radius 1 is 1.23 bits per heavy atom.